The van der Waals surface area contributed by atoms with Crippen molar-refractivity contribution in [3.8, 4) is 16.9 Å². The Morgan fingerprint density at radius 1 is 1.14 bits per heavy atom. The summed E-state index contributed by atoms with van der Waals surface area (Å²) in [6, 6.07) is 7.31. The summed E-state index contributed by atoms with van der Waals surface area (Å²) in [4.78, 5) is 43.7. The lowest BCUT2D eigenvalue weighted by molar-refractivity contribution is -0.134. The topological polar surface area (TPSA) is 84.2 Å². The summed E-state index contributed by atoms with van der Waals surface area (Å²) >= 11 is 7.59. The van der Waals surface area contributed by atoms with Crippen molar-refractivity contribution in [2.75, 3.05) is 30.8 Å². The van der Waals surface area contributed by atoms with Crippen molar-refractivity contribution < 1.29 is 13.6 Å². The summed E-state index contributed by atoms with van der Waals surface area (Å²) in [6.45, 7) is 12.0. The highest BCUT2D eigenvalue weighted by Crippen LogP contribution is 2.37. The second-order valence-electron chi connectivity index (χ2n) is 11.8. The van der Waals surface area contributed by atoms with Crippen LogP contribution in [0.5, 0.6) is 0 Å². The number of piperazine rings is 1. The van der Waals surface area contributed by atoms with Crippen molar-refractivity contribution in [1.29, 1.82) is 0 Å². The van der Waals surface area contributed by atoms with Crippen LogP contribution in [0.3, 0.4) is 0 Å². The van der Waals surface area contributed by atoms with Crippen LogP contribution >= 0.6 is 23.4 Å². The molecule has 1 aliphatic heterocycles. The van der Waals surface area contributed by atoms with E-state index in [2.05, 4.69) is 9.97 Å². The van der Waals surface area contributed by atoms with Gasteiger partial charge in [-0.05, 0) is 69.7 Å². The van der Waals surface area contributed by atoms with E-state index in [0.29, 0.717) is 35.9 Å². The number of benzene rings is 1. The first-order chi connectivity index (χ1) is 20.7. The number of thioether (sulfide) groups is 1. The van der Waals surface area contributed by atoms with Gasteiger partial charge in [0.1, 0.15) is 22.2 Å². The molecule has 0 saturated carbocycles. The minimum absolute atomic E-state index is 0.0212. The number of fused-ring (bicyclic) bond motifs is 1. The smallest absolute Gasteiger partial charge is 0.350 e. The molecular formula is C32H35ClF2N6O2S. The largest absolute Gasteiger partial charge is 0.355 e. The number of aryl methyl sites for hydroxylation is 1. The zero-order chi connectivity index (χ0) is 32.1. The molecule has 0 N–H and O–H groups in total. The molecular weight excluding hydrogens is 606 g/mol. The van der Waals surface area contributed by atoms with Crippen LogP contribution in [0, 0.1) is 18.6 Å². The summed E-state index contributed by atoms with van der Waals surface area (Å²) in [5.74, 6) is -1.38. The molecule has 1 fully saturated rings. The third-order valence-electron chi connectivity index (χ3n) is 7.85. The predicted octanol–water partition coefficient (Wildman–Crippen LogP) is 6.33. The first-order valence-electron chi connectivity index (χ1n) is 14.4. The van der Waals surface area contributed by atoms with Crippen LogP contribution in [-0.2, 0) is 4.79 Å². The molecule has 232 valence electrons. The number of nitrogens with zero attached hydrogens (tertiary/aromatic N) is 6. The molecule has 1 aliphatic rings. The minimum atomic E-state index is -1.06. The zero-order valence-electron chi connectivity index (χ0n) is 25.8. The number of hydrogen-bond acceptors (Lipinski definition) is 7. The van der Waals surface area contributed by atoms with E-state index in [0.717, 1.165) is 5.56 Å². The number of halogens is 3. The van der Waals surface area contributed by atoms with Gasteiger partial charge in [0.15, 0.2) is 11.5 Å². The fourth-order valence-corrected chi connectivity index (χ4v) is 6.46. The number of rotatable bonds is 6. The molecule has 0 radical (unpaired) electrons. The number of carbonyl (C=O) groups excluding carboxylic acids is 1. The van der Waals surface area contributed by atoms with Crippen LogP contribution < -0.4 is 10.6 Å². The third-order valence-corrected chi connectivity index (χ3v) is 8.80. The lowest BCUT2D eigenvalue weighted by Gasteiger charge is -2.42. The molecule has 0 bridgehead atoms. The van der Waals surface area contributed by atoms with Crippen LogP contribution in [0.1, 0.15) is 51.8 Å². The van der Waals surface area contributed by atoms with Crippen LogP contribution in [-0.4, -0.2) is 67.1 Å². The van der Waals surface area contributed by atoms with Gasteiger partial charge >= 0.3 is 5.69 Å². The number of anilines is 1. The van der Waals surface area contributed by atoms with E-state index < -0.39 is 22.2 Å². The molecule has 8 nitrogen and oxygen atoms in total. The Labute approximate surface area is 264 Å². The highest BCUT2D eigenvalue weighted by molar-refractivity contribution is 7.98. The Morgan fingerprint density at radius 2 is 1.86 bits per heavy atom. The molecule has 12 heteroatoms. The highest BCUT2D eigenvalue weighted by atomic mass is 35.5. The number of carbonyl (C=O) groups is 1. The van der Waals surface area contributed by atoms with Gasteiger partial charge in [-0.15, -0.1) is 23.4 Å². The number of amides is 1. The maximum absolute atomic E-state index is 16.1. The van der Waals surface area contributed by atoms with Gasteiger partial charge in [0.2, 0.25) is 5.91 Å². The summed E-state index contributed by atoms with van der Waals surface area (Å²) in [5, 5.41) is 0.287. The Bertz CT molecular complexity index is 1820. The second-order valence-corrected chi connectivity index (χ2v) is 13.6. The lowest BCUT2D eigenvalue weighted by atomic mass is 10.0. The summed E-state index contributed by atoms with van der Waals surface area (Å²) in [5.41, 5.74) is 1.25. The second kappa shape index (κ2) is 12.1. The van der Waals surface area contributed by atoms with Crippen LogP contribution in [0.2, 0.25) is 0 Å². The summed E-state index contributed by atoms with van der Waals surface area (Å²) < 4.78 is 32.8. The molecule has 1 saturated heterocycles. The molecule has 1 amide bonds. The molecule has 1 atom stereocenters. The molecule has 4 aromatic rings. The van der Waals surface area contributed by atoms with Crippen molar-refractivity contribution in [3.05, 3.63) is 69.9 Å². The first kappa shape index (κ1) is 31.8. The van der Waals surface area contributed by atoms with Crippen molar-refractivity contribution in [3.63, 3.8) is 0 Å². The molecule has 4 heterocycles. The van der Waals surface area contributed by atoms with Crippen molar-refractivity contribution in [2.24, 2.45) is 0 Å². The van der Waals surface area contributed by atoms with Gasteiger partial charge in [0, 0.05) is 36.8 Å². The highest BCUT2D eigenvalue weighted by Gasteiger charge is 2.36. The Morgan fingerprint density at radius 3 is 2.50 bits per heavy atom. The minimum Gasteiger partial charge on any atom is -0.350 e. The predicted molar refractivity (Wildman–Crippen MR) is 172 cm³/mol. The quantitative estimate of drug-likeness (QED) is 0.180. The van der Waals surface area contributed by atoms with E-state index in [-0.39, 0.29) is 46.0 Å². The van der Waals surface area contributed by atoms with E-state index in [1.807, 2.05) is 32.6 Å². The Balaban J connectivity index is 1.80. The number of aromatic nitrogens is 4. The van der Waals surface area contributed by atoms with Crippen LogP contribution in [0.25, 0.3) is 28.0 Å². The number of pyridine rings is 2. The van der Waals surface area contributed by atoms with Crippen molar-refractivity contribution in [1.82, 2.24) is 24.4 Å². The van der Waals surface area contributed by atoms with Gasteiger partial charge in [-0.25, -0.2) is 23.1 Å². The Hall–Kier alpha value is -3.57. The van der Waals surface area contributed by atoms with E-state index >= 15 is 8.78 Å². The maximum Gasteiger partial charge on any atom is 0.355 e. The van der Waals surface area contributed by atoms with Gasteiger partial charge < -0.3 is 9.80 Å². The standard InChI is InChI=1S/C32H35ClF2N6O2S/c1-17(2)25-27(18(3)11-12-36-25)41-29-20(15-22(35)26(37-29)24-21(34)9-8-10-23(24)44-7)28(38-31(41)43)40-14-13-39(16-19(40)4)30(42)32(5,6)33/h8-12,15,17,19H,13-14,16H2,1-7H3/t19-/m0/s1. The monoisotopic (exact) mass is 640 g/mol. The fourth-order valence-electron chi connectivity index (χ4n) is 5.72. The number of alkyl halides is 1. The van der Waals surface area contributed by atoms with Crippen LogP contribution in [0.4, 0.5) is 14.6 Å². The summed E-state index contributed by atoms with van der Waals surface area (Å²) in [6.07, 6.45) is 3.45. The molecule has 3 aromatic heterocycles. The Kier molecular flexibility index (Phi) is 8.74. The van der Waals surface area contributed by atoms with Gasteiger partial charge in [-0.2, -0.15) is 4.98 Å². The average Bonchev–Trinajstić information content (AvgIpc) is 2.96. The summed E-state index contributed by atoms with van der Waals surface area (Å²) in [7, 11) is 0. The van der Waals surface area contributed by atoms with Gasteiger partial charge in [-0.1, -0.05) is 19.9 Å². The average molecular weight is 641 g/mol. The third kappa shape index (κ3) is 5.67. The molecule has 0 spiro atoms. The zero-order valence-corrected chi connectivity index (χ0v) is 27.4. The molecule has 0 unspecified atom stereocenters. The van der Waals surface area contributed by atoms with Gasteiger partial charge in [0.25, 0.3) is 0 Å². The SMILES string of the molecule is CSc1cccc(F)c1-c1nc2c(cc1F)c(N1CCN(C(=O)C(C)(C)Cl)C[C@@H]1C)nc(=O)n2-c1c(C)ccnc1C(C)C. The van der Waals surface area contributed by atoms with E-state index in [1.165, 1.54) is 28.5 Å². The fraction of sp³-hybridized carbons (Fsp3) is 0.406. The molecule has 5 rings (SSSR count). The lowest BCUT2D eigenvalue weighted by Crippen LogP contribution is -2.57. The maximum atomic E-state index is 16.1. The van der Waals surface area contributed by atoms with Crippen molar-refractivity contribution >= 4 is 46.1 Å². The number of hydrogen-bond donors (Lipinski definition) is 0. The molecule has 44 heavy (non-hydrogen) atoms. The van der Waals surface area contributed by atoms with Gasteiger partial charge in [-0.3, -0.25) is 9.78 Å². The van der Waals surface area contributed by atoms with E-state index in [1.54, 1.807) is 49.4 Å². The first-order valence-corrected chi connectivity index (χ1v) is 16.0. The van der Waals surface area contributed by atoms with E-state index in [4.69, 9.17) is 16.6 Å². The normalized spacial score (nSPS) is 15.8. The van der Waals surface area contributed by atoms with Gasteiger partial charge in [0.05, 0.1) is 22.3 Å². The van der Waals surface area contributed by atoms with Crippen molar-refractivity contribution in [2.45, 2.75) is 63.3 Å². The van der Waals surface area contributed by atoms with E-state index in [9.17, 15) is 9.59 Å². The molecule has 0 aliphatic carbocycles. The molecule has 1 aromatic carbocycles. The van der Waals surface area contributed by atoms with Crippen LogP contribution in [0.15, 0.2) is 46.2 Å².